The molecule has 0 unspecified atom stereocenters. The first-order valence-electron chi connectivity index (χ1n) is 13.4. The number of amides is 2. The van der Waals surface area contributed by atoms with Gasteiger partial charge in [-0.3, -0.25) is 19.5 Å². The lowest BCUT2D eigenvalue weighted by Gasteiger charge is -2.34. The number of ketones is 1. The van der Waals surface area contributed by atoms with Crippen LogP contribution in [0.2, 0.25) is 0 Å². The third-order valence-electron chi connectivity index (χ3n) is 7.10. The minimum absolute atomic E-state index is 0.0932. The largest absolute Gasteiger partial charge is 0.494 e. The molecule has 1 fully saturated rings. The van der Waals surface area contributed by atoms with Gasteiger partial charge >= 0.3 is 0 Å². The van der Waals surface area contributed by atoms with Gasteiger partial charge in [-0.25, -0.2) is 4.98 Å². The molecule has 16 nitrogen and oxygen atoms in total. The summed E-state index contributed by atoms with van der Waals surface area (Å²) in [5.74, 6) is -0.938. The van der Waals surface area contributed by atoms with Crippen molar-refractivity contribution in [2.24, 2.45) is 0 Å². The number of aliphatic hydroxyl groups excluding tert-OH is 1. The van der Waals surface area contributed by atoms with Gasteiger partial charge in [0.25, 0.3) is 17.6 Å². The molecule has 16 heteroatoms. The number of Topliss-reactive ketones (excluding diaryl/α,β-unsaturated/α-hetero) is 1. The number of carbonyl (C=O) groups excluding carboxylic acids is 3. The Morgan fingerprint density at radius 1 is 1.12 bits per heavy atom. The Labute approximate surface area is 243 Å². The number of pyridine rings is 1. The predicted octanol–water partition coefficient (Wildman–Crippen LogP) is 0.191. The number of aromatic nitrogens is 8. The Bertz CT molecular complexity index is 1790. The number of nitrogens with one attached hydrogen (secondary N) is 3. The molecule has 0 radical (unpaired) electrons. The number of aromatic amines is 2. The highest BCUT2D eigenvalue weighted by Gasteiger charge is 2.31. The average Bonchev–Trinajstić information content (AvgIpc) is 3.83. The molecule has 43 heavy (non-hydrogen) atoms. The van der Waals surface area contributed by atoms with Gasteiger partial charge in [-0.2, -0.15) is 9.78 Å². The molecular weight excluding hydrogens is 558 g/mol. The van der Waals surface area contributed by atoms with E-state index in [2.05, 4.69) is 41.0 Å². The molecule has 4 aromatic heterocycles. The lowest BCUT2D eigenvalue weighted by molar-refractivity contribution is -0.126. The average molecular weight is 586 g/mol. The molecule has 0 spiro atoms. The second kappa shape index (κ2) is 11.7. The van der Waals surface area contributed by atoms with Gasteiger partial charge < -0.3 is 29.9 Å². The number of nitrogens with zero attached hydrogens (tertiary/aromatic N) is 8. The van der Waals surface area contributed by atoms with Gasteiger partial charge in [-0.1, -0.05) is 23.3 Å². The number of methoxy groups -OCH3 is 1. The first kappa shape index (κ1) is 27.5. The zero-order valence-corrected chi connectivity index (χ0v) is 23.0. The summed E-state index contributed by atoms with van der Waals surface area (Å²) in [4.78, 5) is 50.1. The number of piperazine rings is 1. The van der Waals surface area contributed by atoms with Crippen molar-refractivity contribution >= 4 is 34.4 Å². The van der Waals surface area contributed by atoms with E-state index in [1.54, 1.807) is 4.68 Å². The minimum Gasteiger partial charge on any atom is -0.494 e. The van der Waals surface area contributed by atoms with E-state index in [0.29, 0.717) is 60.2 Å². The number of fused-ring (bicyclic) bond motifs is 1. The lowest BCUT2D eigenvalue weighted by atomic mass is 10.1. The van der Waals surface area contributed by atoms with Crippen LogP contribution in [-0.4, -0.2) is 114 Å². The molecule has 220 valence electrons. The molecule has 0 atom stereocenters. The number of benzene rings is 1. The van der Waals surface area contributed by atoms with Crippen LogP contribution < -0.4 is 15.0 Å². The SMILES string of the molecule is COc1cnc(-c2cc(C(=O)NCCO)[nH]n2)c2[nH]cc(C(=O)C(=O)N3CCN(c4nnnn4-c4ccccc4)CC3)c12. The van der Waals surface area contributed by atoms with Gasteiger partial charge in [-0.15, -0.1) is 0 Å². The summed E-state index contributed by atoms with van der Waals surface area (Å²) in [7, 11) is 1.44. The number of rotatable bonds is 9. The highest BCUT2D eigenvalue weighted by molar-refractivity contribution is 6.45. The first-order chi connectivity index (χ1) is 21.0. The Hall–Kier alpha value is -5.64. The molecule has 0 bridgehead atoms. The van der Waals surface area contributed by atoms with E-state index >= 15 is 0 Å². The molecule has 0 saturated carbocycles. The van der Waals surface area contributed by atoms with Crippen LogP contribution in [0.15, 0.2) is 48.8 Å². The van der Waals surface area contributed by atoms with Crippen molar-refractivity contribution in [2.75, 3.05) is 51.3 Å². The van der Waals surface area contributed by atoms with Crippen molar-refractivity contribution in [3.63, 3.8) is 0 Å². The fourth-order valence-electron chi connectivity index (χ4n) is 4.95. The van der Waals surface area contributed by atoms with Crippen LogP contribution in [-0.2, 0) is 4.79 Å². The maximum atomic E-state index is 13.5. The van der Waals surface area contributed by atoms with Gasteiger partial charge in [0.1, 0.15) is 22.8 Å². The molecule has 6 rings (SSSR count). The summed E-state index contributed by atoms with van der Waals surface area (Å²) in [6.07, 6.45) is 2.88. The van der Waals surface area contributed by atoms with E-state index in [1.807, 2.05) is 35.2 Å². The maximum Gasteiger partial charge on any atom is 0.295 e. The van der Waals surface area contributed by atoms with Crippen LogP contribution in [0, 0.1) is 0 Å². The Kier molecular flexibility index (Phi) is 7.48. The lowest BCUT2D eigenvalue weighted by Crippen LogP contribution is -2.51. The van der Waals surface area contributed by atoms with Crippen LogP contribution in [0.25, 0.3) is 28.0 Å². The van der Waals surface area contributed by atoms with Crippen molar-refractivity contribution in [3.05, 3.63) is 60.0 Å². The van der Waals surface area contributed by atoms with Crippen LogP contribution in [0.1, 0.15) is 20.8 Å². The number of tetrazole rings is 1. The van der Waals surface area contributed by atoms with Gasteiger partial charge in [0.2, 0.25) is 5.95 Å². The number of anilines is 1. The van der Waals surface area contributed by atoms with E-state index < -0.39 is 17.6 Å². The molecule has 1 aromatic carbocycles. The van der Waals surface area contributed by atoms with Gasteiger partial charge in [0, 0.05) is 38.9 Å². The number of para-hydroxylation sites is 1. The van der Waals surface area contributed by atoms with E-state index in [0.717, 1.165) is 5.69 Å². The highest BCUT2D eigenvalue weighted by Crippen LogP contribution is 2.34. The van der Waals surface area contributed by atoms with Crippen LogP contribution in [0.3, 0.4) is 0 Å². The summed E-state index contributed by atoms with van der Waals surface area (Å²) in [5, 5.41) is 30.8. The summed E-state index contributed by atoms with van der Waals surface area (Å²) in [5.41, 5.74) is 2.22. The number of aliphatic hydroxyl groups is 1. The molecular formula is C27H27N11O5. The summed E-state index contributed by atoms with van der Waals surface area (Å²) >= 11 is 0. The van der Waals surface area contributed by atoms with Gasteiger partial charge in [-0.05, 0) is 28.6 Å². The number of ether oxygens (including phenoxy) is 1. The van der Waals surface area contributed by atoms with E-state index in [9.17, 15) is 14.4 Å². The van der Waals surface area contributed by atoms with Gasteiger partial charge in [0.15, 0.2) is 0 Å². The van der Waals surface area contributed by atoms with Crippen molar-refractivity contribution in [3.8, 4) is 22.8 Å². The summed E-state index contributed by atoms with van der Waals surface area (Å²) in [6.45, 7) is 1.36. The zero-order valence-electron chi connectivity index (χ0n) is 23.0. The second-order valence-electron chi connectivity index (χ2n) is 9.61. The molecule has 0 aliphatic carbocycles. The molecule has 5 heterocycles. The second-order valence-corrected chi connectivity index (χ2v) is 9.61. The molecule has 1 aliphatic heterocycles. The summed E-state index contributed by atoms with van der Waals surface area (Å²) in [6, 6.07) is 11.0. The van der Waals surface area contributed by atoms with Crippen molar-refractivity contribution in [1.29, 1.82) is 0 Å². The number of hydrogen-bond acceptors (Lipinski definition) is 11. The Balaban J connectivity index is 1.21. The van der Waals surface area contributed by atoms with Crippen molar-refractivity contribution in [1.82, 2.24) is 50.6 Å². The monoisotopic (exact) mass is 585 g/mol. The summed E-state index contributed by atoms with van der Waals surface area (Å²) < 4.78 is 7.12. The van der Waals surface area contributed by atoms with Crippen molar-refractivity contribution < 1.29 is 24.2 Å². The molecule has 1 aliphatic rings. The third-order valence-corrected chi connectivity index (χ3v) is 7.10. The molecule has 1 saturated heterocycles. The topological polar surface area (TPSA) is 200 Å². The standard InChI is InChI=1S/C27H27N11O5/c1-43-20-15-30-22(18-13-19(32-31-18)25(41)28-7-12-39)23-21(20)17(14-29-23)24(40)26(42)36-8-10-37(11-9-36)27-33-34-35-38(27)16-5-3-2-4-6-16/h2-6,13-15,29,39H,7-12H2,1H3,(H,28,41)(H,31,32). The number of carbonyl (C=O) groups is 3. The number of H-pyrrole nitrogens is 2. The highest BCUT2D eigenvalue weighted by atomic mass is 16.5. The number of hydrogen-bond donors (Lipinski definition) is 4. The molecule has 2 amide bonds. The first-order valence-corrected chi connectivity index (χ1v) is 13.4. The van der Waals surface area contributed by atoms with Crippen molar-refractivity contribution in [2.45, 2.75) is 0 Å². The van der Waals surface area contributed by atoms with E-state index in [4.69, 9.17) is 9.84 Å². The molecule has 4 N–H and O–H groups in total. The maximum absolute atomic E-state index is 13.5. The minimum atomic E-state index is -0.699. The third kappa shape index (κ3) is 5.14. The van der Waals surface area contributed by atoms with E-state index in [1.165, 1.54) is 30.5 Å². The smallest absolute Gasteiger partial charge is 0.295 e. The van der Waals surface area contributed by atoms with Crippen LogP contribution in [0.4, 0.5) is 5.95 Å². The van der Waals surface area contributed by atoms with Crippen LogP contribution in [0.5, 0.6) is 5.75 Å². The quantitative estimate of drug-likeness (QED) is 0.136. The normalized spacial score (nSPS) is 13.3. The predicted molar refractivity (Wildman–Crippen MR) is 152 cm³/mol. The zero-order chi connectivity index (χ0) is 29.9. The Morgan fingerprint density at radius 2 is 1.91 bits per heavy atom. The van der Waals surface area contributed by atoms with Crippen LogP contribution >= 0.6 is 0 Å². The fourth-order valence-corrected chi connectivity index (χ4v) is 4.95. The Morgan fingerprint density at radius 3 is 2.65 bits per heavy atom. The van der Waals surface area contributed by atoms with Gasteiger partial charge in [0.05, 0.1) is 42.1 Å². The fraction of sp³-hybridized carbons (Fsp3) is 0.259. The van der Waals surface area contributed by atoms with E-state index in [-0.39, 0.29) is 24.4 Å². The molecule has 5 aromatic rings.